The maximum Gasteiger partial charge on any atom is 0.274 e. The number of rotatable bonds is 2. The average Bonchev–Trinajstić information content (AvgIpc) is 2.89. The van der Waals surface area contributed by atoms with Gasteiger partial charge in [-0.05, 0) is 30.2 Å². The van der Waals surface area contributed by atoms with Gasteiger partial charge < -0.3 is 4.52 Å². The van der Waals surface area contributed by atoms with Gasteiger partial charge in [0, 0.05) is 17.9 Å². The van der Waals surface area contributed by atoms with E-state index in [0.717, 1.165) is 6.26 Å². The number of Topliss-reactive ketones (excluding diaryl/α,β-unsaturated/α-hetero) is 1. The molecular weight excluding hydrogens is 266 g/mol. The summed E-state index contributed by atoms with van der Waals surface area (Å²) in [7, 11) is -3.22. The van der Waals surface area contributed by atoms with Crippen LogP contribution < -0.4 is 0 Å². The number of hydrogen-bond donors (Lipinski definition) is 0. The van der Waals surface area contributed by atoms with Gasteiger partial charge in [0.05, 0.1) is 11.1 Å². The zero-order valence-electron chi connectivity index (χ0n) is 9.95. The van der Waals surface area contributed by atoms with Crippen molar-refractivity contribution in [2.24, 2.45) is 0 Å². The molecule has 19 heavy (non-hydrogen) atoms. The monoisotopic (exact) mass is 275 g/mol. The zero-order valence-corrected chi connectivity index (χ0v) is 10.8. The molecule has 0 N–H and O–H groups in total. The first-order valence-corrected chi connectivity index (χ1v) is 7.13. The van der Waals surface area contributed by atoms with Gasteiger partial charge in [-0.3, -0.25) is 4.79 Å². The number of carbonyl (C=O) groups excluding carboxylic acids is 1. The highest BCUT2D eigenvalue weighted by atomic mass is 32.2. The lowest BCUT2D eigenvalue weighted by Crippen LogP contribution is -1.96. The lowest BCUT2D eigenvalue weighted by molar-refractivity contribution is 0.102. The smallest absolute Gasteiger partial charge is 0.274 e. The summed E-state index contributed by atoms with van der Waals surface area (Å²) in [5.74, 6) is 4.60. The molecule has 0 atom stereocenters. The molecule has 0 spiro atoms. The van der Waals surface area contributed by atoms with Crippen molar-refractivity contribution < 1.29 is 17.7 Å². The lowest BCUT2D eigenvalue weighted by atomic mass is 10.2. The van der Waals surface area contributed by atoms with Crippen LogP contribution in [0.25, 0.3) is 0 Å². The molecule has 0 aliphatic carbocycles. The Morgan fingerprint density at radius 2 is 1.89 bits per heavy atom. The van der Waals surface area contributed by atoms with Crippen LogP contribution in [0, 0.1) is 11.8 Å². The van der Waals surface area contributed by atoms with Crippen LogP contribution in [0.2, 0.25) is 0 Å². The van der Waals surface area contributed by atoms with Gasteiger partial charge in [0.25, 0.3) is 5.78 Å². The van der Waals surface area contributed by atoms with Crippen LogP contribution in [-0.4, -0.2) is 25.6 Å². The van der Waals surface area contributed by atoms with E-state index in [9.17, 15) is 13.2 Å². The second-order valence-corrected chi connectivity index (χ2v) is 5.77. The molecule has 2 rings (SSSR count). The van der Waals surface area contributed by atoms with Gasteiger partial charge >= 0.3 is 0 Å². The number of carbonyl (C=O) groups is 1. The number of benzene rings is 1. The van der Waals surface area contributed by atoms with E-state index in [4.69, 9.17) is 0 Å². The van der Waals surface area contributed by atoms with E-state index in [1.165, 1.54) is 36.5 Å². The summed E-state index contributed by atoms with van der Waals surface area (Å²) in [5.41, 5.74) is 0.542. The van der Waals surface area contributed by atoms with Gasteiger partial charge in [-0.1, -0.05) is 11.1 Å². The van der Waals surface area contributed by atoms with E-state index in [-0.39, 0.29) is 10.7 Å². The molecule has 0 radical (unpaired) electrons. The molecule has 96 valence electrons. The quantitative estimate of drug-likeness (QED) is 0.610. The van der Waals surface area contributed by atoms with Crippen LogP contribution in [-0.2, 0) is 9.84 Å². The van der Waals surface area contributed by atoms with Crippen molar-refractivity contribution in [2.75, 3.05) is 6.26 Å². The molecule has 0 aliphatic rings. The third-order valence-corrected chi connectivity index (χ3v) is 3.39. The standard InChI is InChI=1S/C13H9NO4S/c1-19(16,17)11-5-2-10(3-6-11)4-7-12(15)13-8-9-14-18-13/h2-3,5-6,8-9H,1H3. The number of ketones is 1. The summed E-state index contributed by atoms with van der Waals surface area (Å²) in [4.78, 5) is 11.7. The Morgan fingerprint density at radius 3 is 2.42 bits per heavy atom. The zero-order chi connectivity index (χ0) is 13.9. The van der Waals surface area contributed by atoms with E-state index in [2.05, 4.69) is 21.5 Å². The van der Waals surface area contributed by atoms with Gasteiger partial charge in [-0.15, -0.1) is 0 Å². The minimum absolute atomic E-state index is 0.0697. The van der Waals surface area contributed by atoms with Crippen LogP contribution >= 0.6 is 0 Å². The number of sulfone groups is 1. The summed E-state index contributed by atoms with van der Waals surface area (Å²) >= 11 is 0. The van der Waals surface area contributed by atoms with Crippen molar-refractivity contribution in [2.45, 2.75) is 4.90 Å². The molecule has 6 heteroatoms. The molecule has 0 saturated heterocycles. The Hall–Kier alpha value is -2.39. The third-order valence-electron chi connectivity index (χ3n) is 2.26. The predicted molar refractivity (Wildman–Crippen MR) is 67.3 cm³/mol. The Bertz CT molecular complexity index is 747. The molecule has 0 saturated carbocycles. The predicted octanol–water partition coefficient (Wildman–Crippen LogP) is 1.31. The maximum atomic E-state index is 11.5. The minimum Gasteiger partial charge on any atom is -0.352 e. The fourth-order valence-corrected chi connectivity index (χ4v) is 1.94. The Balaban J connectivity index is 2.20. The van der Waals surface area contributed by atoms with Crippen LogP contribution in [0.1, 0.15) is 16.1 Å². The fourth-order valence-electron chi connectivity index (χ4n) is 1.31. The van der Waals surface area contributed by atoms with E-state index in [1.807, 2.05) is 0 Å². The first-order chi connectivity index (χ1) is 8.97. The SMILES string of the molecule is CS(=O)(=O)c1ccc(C#CC(=O)c2ccno2)cc1. The second-order valence-electron chi connectivity index (χ2n) is 3.75. The van der Waals surface area contributed by atoms with E-state index in [1.54, 1.807) is 0 Å². The van der Waals surface area contributed by atoms with Gasteiger partial charge in [0.1, 0.15) is 0 Å². The molecule has 1 aromatic heterocycles. The highest BCUT2D eigenvalue weighted by molar-refractivity contribution is 7.90. The molecule has 0 unspecified atom stereocenters. The molecule has 0 fully saturated rings. The molecule has 1 aromatic carbocycles. The van der Waals surface area contributed by atoms with Crippen LogP contribution in [0.15, 0.2) is 45.9 Å². The Labute approximate surface area is 110 Å². The third kappa shape index (κ3) is 3.30. The van der Waals surface area contributed by atoms with Gasteiger partial charge in [0.15, 0.2) is 9.84 Å². The average molecular weight is 275 g/mol. The summed E-state index contributed by atoms with van der Waals surface area (Å²) in [5, 5.41) is 3.41. The molecular formula is C13H9NO4S. The van der Waals surface area contributed by atoms with Crippen molar-refractivity contribution in [1.29, 1.82) is 0 Å². The number of aromatic nitrogens is 1. The van der Waals surface area contributed by atoms with Gasteiger partial charge in [-0.2, -0.15) is 0 Å². The minimum atomic E-state index is -3.22. The Kier molecular flexibility index (Phi) is 3.49. The summed E-state index contributed by atoms with van der Waals surface area (Å²) < 4.78 is 27.2. The van der Waals surface area contributed by atoms with Gasteiger partial charge in [-0.25, -0.2) is 8.42 Å². The van der Waals surface area contributed by atoms with Crippen molar-refractivity contribution in [3.63, 3.8) is 0 Å². The highest BCUT2D eigenvalue weighted by Crippen LogP contribution is 2.09. The largest absolute Gasteiger partial charge is 0.352 e. The molecule has 1 heterocycles. The van der Waals surface area contributed by atoms with Crippen molar-refractivity contribution in [1.82, 2.24) is 5.16 Å². The molecule has 0 bridgehead atoms. The first-order valence-electron chi connectivity index (χ1n) is 5.24. The molecule has 5 nitrogen and oxygen atoms in total. The first kappa shape index (κ1) is 13.1. The molecule has 0 amide bonds. The highest BCUT2D eigenvalue weighted by Gasteiger charge is 2.07. The second kappa shape index (κ2) is 5.08. The Morgan fingerprint density at radius 1 is 1.21 bits per heavy atom. The topological polar surface area (TPSA) is 77.2 Å². The van der Waals surface area contributed by atoms with Crippen molar-refractivity contribution in [3.8, 4) is 11.8 Å². The van der Waals surface area contributed by atoms with E-state index in [0.29, 0.717) is 5.56 Å². The number of hydrogen-bond acceptors (Lipinski definition) is 5. The van der Waals surface area contributed by atoms with Crippen LogP contribution in [0.3, 0.4) is 0 Å². The summed E-state index contributed by atoms with van der Waals surface area (Å²) in [6, 6.07) is 7.38. The van der Waals surface area contributed by atoms with Crippen LogP contribution in [0.4, 0.5) is 0 Å². The van der Waals surface area contributed by atoms with Crippen molar-refractivity contribution >= 4 is 15.6 Å². The summed E-state index contributed by atoms with van der Waals surface area (Å²) in [6.45, 7) is 0. The molecule has 0 aliphatic heterocycles. The van der Waals surface area contributed by atoms with Crippen molar-refractivity contribution in [3.05, 3.63) is 47.9 Å². The molecule has 2 aromatic rings. The number of nitrogens with zero attached hydrogens (tertiary/aromatic N) is 1. The van der Waals surface area contributed by atoms with Gasteiger partial charge in [0.2, 0.25) is 5.76 Å². The van der Waals surface area contributed by atoms with E-state index < -0.39 is 15.6 Å². The lowest BCUT2D eigenvalue weighted by Gasteiger charge is -1.96. The fraction of sp³-hybridized carbons (Fsp3) is 0.0769. The normalized spacial score (nSPS) is 10.6. The van der Waals surface area contributed by atoms with Crippen LogP contribution in [0.5, 0.6) is 0 Å². The maximum absolute atomic E-state index is 11.5. The van der Waals surface area contributed by atoms with E-state index >= 15 is 0 Å². The summed E-state index contributed by atoms with van der Waals surface area (Å²) in [6.07, 6.45) is 2.48.